The van der Waals surface area contributed by atoms with Gasteiger partial charge in [-0.05, 0) is 40.4 Å². The van der Waals surface area contributed by atoms with Crippen molar-refractivity contribution in [3.8, 4) is 0 Å². The molecule has 1 aromatic carbocycles. The molecule has 15 heavy (non-hydrogen) atoms. The second-order valence-corrected chi connectivity index (χ2v) is 4.69. The quantitative estimate of drug-likeness (QED) is 0.654. The molecule has 1 aromatic rings. The third kappa shape index (κ3) is 1.58. The Hall–Kier alpha value is -0.550. The zero-order chi connectivity index (χ0) is 11.2. The molecule has 0 spiro atoms. The molecule has 0 saturated heterocycles. The summed E-state index contributed by atoms with van der Waals surface area (Å²) in [6, 6.07) is 1.29. The van der Waals surface area contributed by atoms with Crippen LogP contribution in [0.4, 0.5) is 13.2 Å². The van der Waals surface area contributed by atoms with Gasteiger partial charge in [0.15, 0.2) is 17.5 Å². The minimum atomic E-state index is -1.43. The van der Waals surface area contributed by atoms with E-state index in [2.05, 4.69) is 15.9 Å². The Balaban J connectivity index is 2.58. The summed E-state index contributed by atoms with van der Waals surface area (Å²) in [6.07, 6.45) is 1.44. The van der Waals surface area contributed by atoms with Crippen molar-refractivity contribution in [2.24, 2.45) is 5.73 Å². The van der Waals surface area contributed by atoms with E-state index in [-0.39, 0.29) is 16.6 Å². The first-order valence-corrected chi connectivity index (χ1v) is 5.35. The molecule has 2 rings (SSSR count). The molecule has 82 valence electrons. The second kappa shape index (κ2) is 3.49. The molecule has 1 aliphatic carbocycles. The summed E-state index contributed by atoms with van der Waals surface area (Å²) in [5, 5.41) is 0. The van der Waals surface area contributed by atoms with Crippen LogP contribution in [-0.2, 0) is 5.41 Å². The Kier molecular flexibility index (Phi) is 2.55. The van der Waals surface area contributed by atoms with Gasteiger partial charge in [0.25, 0.3) is 0 Å². The van der Waals surface area contributed by atoms with Gasteiger partial charge < -0.3 is 5.73 Å². The number of halogens is 4. The number of rotatable bonds is 2. The van der Waals surface area contributed by atoms with Gasteiger partial charge in [0.1, 0.15) is 0 Å². The summed E-state index contributed by atoms with van der Waals surface area (Å²) in [5.74, 6) is -3.73. The lowest BCUT2D eigenvalue weighted by Gasteiger charge is -2.15. The lowest BCUT2D eigenvalue weighted by Crippen LogP contribution is -2.22. The fourth-order valence-corrected chi connectivity index (χ4v) is 2.10. The molecule has 1 saturated carbocycles. The monoisotopic (exact) mass is 279 g/mol. The normalized spacial score (nSPS) is 17.9. The highest BCUT2D eigenvalue weighted by Gasteiger charge is 2.46. The number of benzene rings is 1. The van der Waals surface area contributed by atoms with Gasteiger partial charge in [0, 0.05) is 12.0 Å². The predicted molar refractivity (Wildman–Crippen MR) is 54.0 cm³/mol. The Bertz CT molecular complexity index is 416. The predicted octanol–water partition coefficient (Wildman–Crippen LogP) is 2.86. The van der Waals surface area contributed by atoms with E-state index in [1.165, 1.54) is 6.07 Å². The summed E-state index contributed by atoms with van der Waals surface area (Å²) in [7, 11) is 0. The number of nitrogens with two attached hydrogens (primary N) is 1. The topological polar surface area (TPSA) is 26.0 Å². The zero-order valence-electron chi connectivity index (χ0n) is 7.79. The lowest BCUT2D eigenvalue weighted by atomic mass is 9.95. The molecule has 0 aromatic heterocycles. The molecule has 0 amide bonds. The van der Waals surface area contributed by atoms with E-state index in [0.717, 1.165) is 12.8 Å². The first kappa shape index (κ1) is 11.0. The first-order valence-electron chi connectivity index (χ1n) is 4.55. The maximum absolute atomic E-state index is 13.5. The largest absolute Gasteiger partial charge is 0.330 e. The highest BCUT2D eigenvalue weighted by molar-refractivity contribution is 9.10. The summed E-state index contributed by atoms with van der Waals surface area (Å²) in [6.45, 7) is 0.251. The van der Waals surface area contributed by atoms with Crippen molar-refractivity contribution >= 4 is 15.9 Å². The summed E-state index contributed by atoms with van der Waals surface area (Å²) < 4.78 is 39.5. The standard InChI is InChI=1S/C10H9BrF3N/c11-6-3-5(10(4-15)1-2-10)7(12)9(14)8(6)13/h3H,1-2,4,15H2. The van der Waals surface area contributed by atoms with Gasteiger partial charge >= 0.3 is 0 Å². The highest BCUT2D eigenvalue weighted by Crippen LogP contribution is 2.49. The maximum atomic E-state index is 13.5. The number of hydrogen-bond acceptors (Lipinski definition) is 1. The zero-order valence-corrected chi connectivity index (χ0v) is 9.37. The average molecular weight is 280 g/mol. The molecular formula is C10H9BrF3N. The van der Waals surface area contributed by atoms with Crippen LogP contribution >= 0.6 is 15.9 Å². The van der Waals surface area contributed by atoms with Crippen LogP contribution in [0.3, 0.4) is 0 Å². The van der Waals surface area contributed by atoms with E-state index in [1.807, 2.05) is 0 Å². The molecule has 0 aliphatic heterocycles. The molecule has 1 fully saturated rings. The Morgan fingerprint density at radius 2 is 1.80 bits per heavy atom. The Morgan fingerprint density at radius 1 is 1.20 bits per heavy atom. The third-order valence-corrected chi connectivity index (χ3v) is 3.50. The molecule has 0 unspecified atom stereocenters. The number of hydrogen-bond donors (Lipinski definition) is 1. The van der Waals surface area contributed by atoms with Crippen LogP contribution in [0.25, 0.3) is 0 Å². The molecule has 0 bridgehead atoms. The van der Waals surface area contributed by atoms with Gasteiger partial charge in [-0.1, -0.05) is 0 Å². The van der Waals surface area contributed by atoms with Gasteiger partial charge in [-0.3, -0.25) is 0 Å². The SMILES string of the molecule is NCC1(c2cc(Br)c(F)c(F)c2F)CC1. The summed E-state index contributed by atoms with van der Waals surface area (Å²) >= 11 is 2.86. The minimum absolute atomic E-state index is 0.0591. The molecule has 0 heterocycles. The van der Waals surface area contributed by atoms with Crippen molar-refractivity contribution in [2.75, 3.05) is 6.54 Å². The van der Waals surface area contributed by atoms with Crippen LogP contribution in [-0.4, -0.2) is 6.54 Å². The van der Waals surface area contributed by atoms with E-state index < -0.39 is 22.9 Å². The maximum Gasteiger partial charge on any atom is 0.195 e. The van der Waals surface area contributed by atoms with E-state index in [0.29, 0.717) is 0 Å². The van der Waals surface area contributed by atoms with Crippen LogP contribution in [0.2, 0.25) is 0 Å². The van der Waals surface area contributed by atoms with Gasteiger partial charge in [0.2, 0.25) is 0 Å². The summed E-state index contributed by atoms with van der Waals surface area (Å²) in [4.78, 5) is 0. The second-order valence-electron chi connectivity index (χ2n) is 3.83. The lowest BCUT2D eigenvalue weighted by molar-refractivity contribution is 0.430. The molecular weight excluding hydrogens is 271 g/mol. The molecule has 5 heteroatoms. The molecule has 1 aliphatic rings. The van der Waals surface area contributed by atoms with E-state index >= 15 is 0 Å². The minimum Gasteiger partial charge on any atom is -0.330 e. The van der Waals surface area contributed by atoms with Crippen molar-refractivity contribution in [3.63, 3.8) is 0 Å². The van der Waals surface area contributed by atoms with Crippen LogP contribution < -0.4 is 5.73 Å². The van der Waals surface area contributed by atoms with Crippen LogP contribution in [0, 0.1) is 17.5 Å². The van der Waals surface area contributed by atoms with Crippen LogP contribution in [0.15, 0.2) is 10.5 Å². The van der Waals surface area contributed by atoms with Crippen molar-refractivity contribution in [1.29, 1.82) is 0 Å². The van der Waals surface area contributed by atoms with E-state index in [9.17, 15) is 13.2 Å². The smallest absolute Gasteiger partial charge is 0.195 e. The van der Waals surface area contributed by atoms with Gasteiger partial charge in [-0.2, -0.15) is 0 Å². The average Bonchev–Trinajstić information content (AvgIpc) is 3.01. The Labute approximate surface area is 93.6 Å². The molecule has 1 nitrogen and oxygen atoms in total. The van der Waals surface area contributed by atoms with E-state index in [4.69, 9.17) is 5.73 Å². The van der Waals surface area contributed by atoms with Crippen LogP contribution in [0.1, 0.15) is 18.4 Å². The molecule has 0 atom stereocenters. The van der Waals surface area contributed by atoms with Crippen LogP contribution in [0.5, 0.6) is 0 Å². The first-order chi connectivity index (χ1) is 7.02. The Morgan fingerprint density at radius 3 is 2.27 bits per heavy atom. The fraction of sp³-hybridized carbons (Fsp3) is 0.400. The van der Waals surface area contributed by atoms with Crippen molar-refractivity contribution < 1.29 is 13.2 Å². The van der Waals surface area contributed by atoms with Gasteiger partial charge in [0.05, 0.1) is 4.47 Å². The van der Waals surface area contributed by atoms with Crippen molar-refractivity contribution in [2.45, 2.75) is 18.3 Å². The van der Waals surface area contributed by atoms with Crippen molar-refractivity contribution in [3.05, 3.63) is 33.6 Å². The molecule has 0 radical (unpaired) electrons. The van der Waals surface area contributed by atoms with E-state index in [1.54, 1.807) is 0 Å². The molecule has 2 N–H and O–H groups in total. The highest BCUT2D eigenvalue weighted by atomic mass is 79.9. The fourth-order valence-electron chi connectivity index (χ4n) is 1.69. The third-order valence-electron chi connectivity index (χ3n) is 2.92. The van der Waals surface area contributed by atoms with Gasteiger partial charge in [-0.15, -0.1) is 0 Å². The summed E-state index contributed by atoms with van der Waals surface area (Å²) in [5.41, 5.74) is 5.20. The van der Waals surface area contributed by atoms with Gasteiger partial charge in [-0.25, -0.2) is 13.2 Å². The van der Waals surface area contributed by atoms with Crippen molar-refractivity contribution in [1.82, 2.24) is 0 Å².